The Labute approximate surface area is 120 Å². The van der Waals surface area contributed by atoms with Crippen LogP contribution in [0.4, 0.5) is 0 Å². The van der Waals surface area contributed by atoms with Crippen molar-refractivity contribution in [2.75, 3.05) is 26.0 Å². The van der Waals surface area contributed by atoms with Crippen molar-refractivity contribution in [3.8, 4) is 11.7 Å². The van der Waals surface area contributed by atoms with E-state index in [9.17, 15) is 4.79 Å². The van der Waals surface area contributed by atoms with Crippen molar-refractivity contribution in [1.29, 1.82) is 0 Å². The van der Waals surface area contributed by atoms with Crippen molar-refractivity contribution in [2.45, 2.75) is 11.6 Å². The Hall–Kier alpha value is -1.80. The zero-order valence-electron chi connectivity index (χ0n) is 11.0. The lowest BCUT2D eigenvalue weighted by Gasteiger charge is -2.02. The second-order valence-corrected chi connectivity index (χ2v) is 4.76. The van der Waals surface area contributed by atoms with E-state index in [0.717, 1.165) is 6.42 Å². The topological polar surface area (TPSA) is 90.4 Å². The molecule has 0 saturated heterocycles. The number of furan rings is 1. The molecule has 0 radical (unpaired) electrons. The van der Waals surface area contributed by atoms with E-state index in [-0.39, 0.29) is 11.7 Å². The first-order valence-corrected chi connectivity index (χ1v) is 7.04. The van der Waals surface area contributed by atoms with E-state index >= 15 is 0 Å². The van der Waals surface area contributed by atoms with Gasteiger partial charge in [-0.25, -0.2) is 0 Å². The van der Waals surface area contributed by atoms with Crippen LogP contribution in [0, 0.1) is 0 Å². The largest absolute Gasteiger partial charge is 0.459 e. The molecule has 0 aliphatic rings. The summed E-state index contributed by atoms with van der Waals surface area (Å²) in [6.07, 6.45) is 2.32. The summed E-state index contributed by atoms with van der Waals surface area (Å²) < 4.78 is 15.4. The summed E-state index contributed by atoms with van der Waals surface area (Å²) in [6, 6.07) is 3.46. The molecule has 0 atom stereocenters. The van der Waals surface area contributed by atoms with E-state index in [4.69, 9.17) is 13.6 Å². The summed E-state index contributed by atoms with van der Waals surface area (Å²) in [5, 5.41) is 10.8. The van der Waals surface area contributed by atoms with Crippen molar-refractivity contribution in [1.82, 2.24) is 15.5 Å². The van der Waals surface area contributed by atoms with Crippen molar-refractivity contribution >= 4 is 17.7 Å². The number of hydrogen-bond acceptors (Lipinski definition) is 7. The predicted molar refractivity (Wildman–Crippen MR) is 72.2 cm³/mol. The van der Waals surface area contributed by atoms with Crippen LogP contribution in [0.2, 0.25) is 0 Å². The average molecular weight is 297 g/mol. The monoisotopic (exact) mass is 297 g/mol. The SMILES string of the molecule is COCCCNC(=O)CSc1nnc(-c2ccco2)o1. The van der Waals surface area contributed by atoms with Gasteiger partial charge in [0.15, 0.2) is 5.76 Å². The fourth-order valence-corrected chi connectivity index (χ4v) is 1.98. The number of carbonyl (C=O) groups is 1. The van der Waals surface area contributed by atoms with Gasteiger partial charge in [-0.15, -0.1) is 10.2 Å². The van der Waals surface area contributed by atoms with Crippen LogP contribution in [0.5, 0.6) is 0 Å². The summed E-state index contributed by atoms with van der Waals surface area (Å²) in [4.78, 5) is 11.5. The molecule has 0 saturated carbocycles. The Morgan fingerprint density at radius 3 is 3.15 bits per heavy atom. The third-order valence-electron chi connectivity index (χ3n) is 2.31. The highest BCUT2D eigenvalue weighted by Gasteiger charge is 2.12. The molecule has 108 valence electrons. The van der Waals surface area contributed by atoms with Gasteiger partial charge >= 0.3 is 0 Å². The third-order valence-corrected chi connectivity index (χ3v) is 3.13. The van der Waals surface area contributed by atoms with Gasteiger partial charge < -0.3 is 18.9 Å². The molecule has 20 heavy (non-hydrogen) atoms. The molecule has 0 fully saturated rings. The van der Waals surface area contributed by atoms with E-state index in [1.165, 1.54) is 18.0 Å². The van der Waals surface area contributed by atoms with E-state index in [2.05, 4.69) is 15.5 Å². The first-order valence-electron chi connectivity index (χ1n) is 6.05. The average Bonchev–Trinajstić information content (AvgIpc) is 3.11. The van der Waals surface area contributed by atoms with Crippen molar-refractivity contribution < 1.29 is 18.4 Å². The first-order chi connectivity index (χ1) is 9.79. The highest BCUT2D eigenvalue weighted by Crippen LogP contribution is 2.22. The molecular weight excluding hydrogens is 282 g/mol. The number of hydrogen-bond donors (Lipinski definition) is 1. The molecule has 0 aliphatic heterocycles. The molecule has 2 heterocycles. The Morgan fingerprint density at radius 2 is 2.40 bits per heavy atom. The fraction of sp³-hybridized carbons (Fsp3) is 0.417. The molecule has 2 rings (SSSR count). The second-order valence-electron chi connectivity index (χ2n) is 3.84. The molecule has 0 unspecified atom stereocenters. The minimum absolute atomic E-state index is 0.0798. The minimum Gasteiger partial charge on any atom is -0.459 e. The molecule has 1 amide bonds. The number of carbonyl (C=O) groups excluding carboxylic acids is 1. The number of rotatable bonds is 8. The molecule has 0 spiro atoms. The van der Waals surface area contributed by atoms with Gasteiger partial charge in [-0.1, -0.05) is 11.8 Å². The van der Waals surface area contributed by atoms with Crippen LogP contribution < -0.4 is 5.32 Å². The van der Waals surface area contributed by atoms with E-state index in [0.29, 0.717) is 30.0 Å². The highest BCUT2D eigenvalue weighted by molar-refractivity contribution is 7.99. The second kappa shape index (κ2) is 7.71. The summed E-state index contributed by atoms with van der Waals surface area (Å²) >= 11 is 1.19. The van der Waals surface area contributed by atoms with Gasteiger partial charge in [0.2, 0.25) is 5.91 Å². The van der Waals surface area contributed by atoms with Crippen LogP contribution in [0.3, 0.4) is 0 Å². The molecule has 0 aliphatic carbocycles. The number of amides is 1. The maximum Gasteiger partial charge on any atom is 0.284 e. The van der Waals surface area contributed by atoms with Crippen LogP contribution in [-0.2, 0) is 9.53 Å². The Balaban J connectivity index is 1.73. The molecule has 8 heteroatoms. The van der Waals surface area contributed by atoms with Gasteiger partial charge in [-0.2, -0.15) is 0 Å². The molecule has 0 bridgehead atoms. The van der Waals surface area contributed by atoms with Gasteiger partial charge in [0.1, 0.15) is 0 Å². The fourth-order valence-electron chi connectivity index (χ4n) is 1.39. The molecule has 2 aromatic heterocycles. The van der Waals surface area contributed by atoms with Crippen LogP contribution in [0.15, 0.2) is 32.5 Å². The van der Waals surface area contributed by atoms with Crippen LogP contribution in [0.25, 0.3) is 11.7 Å². The van der Waals surface area contributed by atoms with Gasteiger partial charge in [-0.05, 0) is 18.6 Å². The van der Waals surface area contributed by atoms with Gasteiger partial charge in [0.25, 0.3) is 11.1 Å². The zero-order valence-corrected chi connectivity index (χ0v) is 11.8. The minimum atomic E-state index is -0.0798. The third kappa shape index (κ3) is 4.39. The van der Waals surface area contributed by atoms with Gasteiger partial charge in [0, 0.05) is 20.3 Å². The lowest BCUT2D eigenvalue weighted by Crippen LogP contribution is -2.26. The Morgan fingerprint density at radius 1 is 1.50 bits per heavy atom. The van der Waals surface area contributed by atoms with Crippen LogP contribution >= 0.6 is 11.8 Å². The number of ether oxygens (including phenoxy) is 1. The lowest BCUT2D eigenvalue weighted by molar-refractivity contribution is -0.118. The van der Waals surface area contributed by atoms with E-state index in [1.54, 1.807) is 19.2 Å². The van der Waals surface area contributed by atoms with E-state index < -0.39 is 0 Å². The quantitative estimate of drug-likeness (QED) is 0.584. The van der Waals surface area contributed by atoms with E-state index in [1.807, 2.05) is 0 Å². The molecular formula is C12H15N3O4S. The predicted octanol–water partition coefficient (Wildman–Crippen LogP) is 1.57. The number of thioether (sulfide) groups is 1. The normalized spacial score (nSPS) is 10.7. The van der Waals surface area contributed by atoms with Gasteiger partial charge in [0.05, 0.1) is 12.0 Å². The van der Waals surface area contributed by atoms with Crippen molar-refractivity contribution in [3.63, 3.8) is 0 Å². The van der Waals surface area contributed by atoms with Crippen molar-refractivity contribution in [3.05, 3.63) is 18.4 Å². The number of nitrogens with zero attached hydrogens (tertiary/aromatic N) is 2. The maximum atomic E-state index is 11.5. The first kappa shape index (κ1) is 14.6. The Kier molecular flexibility index (Phi) is 5.63. The summed E-state index contributed by atoms with van der Waals surface area (Å²) in [6.45, 7) is 1.22. The van der Waals surface area contributed by atoms with Crippen LogP contribution in [0.1, 0.15) is 6.42 Å². The lowest BCUT2D eigenvalue weighted by atomic mass is 10.4. The van der Waals surface area contributed by atoms with Crippen LogP contribution in [-0.4, -0.2) is 42.1 Å². The maximum absolute atomic E-state index is 11.5. The van der Waals surface area contributed by atoms with Gasteiger partial charge in [-0.3, -0.25) is 4.79 Å². The molecule has 2 aromatic rings. The summed E-state index contributed by atoms with van der Waals surface area (Å²) in [5.41, 5.74) is 0. The summed E-state index contributed by atoms with van der Waals surface area (Å²) in [5.74, 6) is 0.961. The zero-order chi connectivity index (χ0) is 14.2. The molecule has 1 N–H and O–H groups in total. The molecule has 0 aromatic carbocycles. The highest BCUT2D eigenvalue weighted by atomic mass is 32.2. The molecule has 7 nitrogen and oxygen atoms in total. The summed E-state index contributed by atoms with van der Waals surface area (Å²) in [7, 11) is 1.63. The van der Waals surface area contributed by atoms with Crippen molar-refractivity contribution in [2.24, 2.45) is 0 Å². The standard InChI is InChI=1S/C12H15N3O4S/c1-17-6-3-5-13-10(16)8-20-12-15-14-11(19-12)9-4-2-7-18-9/h2,4,7H,3,5-6,8H2,1H3,(H,13,16). The number of methoxy groups -OCH3 is 1. The smallest absolute Gasteiger partial charge is 0.284 e. The Bertz CT molecular complexity index is 527. The number of aromatic nitrogens is 2. The number of nitrogens with one attached hydrogen (secondary N) is 1.